The monoisotopic (exact) mass is 452 g/mol. The number of nitrogens with zero attached hydrogens (tertiary/aromatic N) is 5. The van der Waals surface area contributed by atoms with Crippen LogP contribution in [0.5, 0.6) is 11.5 Å². The van der Waals surface area contributed by atoms with Gasteiger partial charge < -0.3 is 14.8 Å². The number of anilines is 1. The normalized spacial score (nSPS) is 10.9. The van der Waals surface area contributed by atoms with E-state index >= 15 is 0 Å². The molecule has 2 aromatic carbocycles. The van der Waals surface area contributed by atoms with E-state index in [1.165, 1.54) is 0 Å². The van der Waals surface area contributed by atoms with Crippen LogP contribution in [0, 0.1) is 6.92 Å². The topological polar surface area (TPSA) is 86.5 Å². The molecule has 0 aliphatic carbocycles. The summed E-state index contributed by atoms with van der Waals surface area (Å²) in [5, 5.41) is 8.17. The lowest BCUT2D eigenvalue weighted by molar-refractivity contribution is 0.355. The minimum atomic E-state index is 0.548. The summed E-state index contributed by atoms with van der Waals surface area (Å²) >= 11 is 0. The Kier molecular flexibility index (Phi) is 5.78. The number of aromatic nitrogens is 5. The maximum atomic E-state index is 5.46. The molecule has 0 spiro atoms. The van der Waals surface area contributed by atoms with Gasteiger partial charge in [0.2, 0.25) is 5.95 Å². The molecule has 0 atom stereocenters. The number of ether oxygens (including phenoxy) is 2. The number of imidazole rings is 1. The molecule has 34 heavy (non-hydrogen) atoms. The van der Waals surface area contributed by atoms with Crippen LogP contribution in [-0.4, -0.2) is 38.8 Å². The van der Waals surface area contributed by atoms with E-state index in [0.717, 1.165) is 39.5 Å². The van der Waals surface area contributed by atoms with Gasteiger partial charge in [-0.3, -0.25) is 0 Å². The van der Waals surface area contributed by atoms with Gasteiger partial charge in [0.15, 0.2) is 17.1 Å². The third kappa shape index (κ3) is 4.13. The minimum absolute atomic E-state index is 0.548. The SMILES string of the molecule is COc1ccc(-c2ccc3nc(C)c(-c4ccnc(NCc5ccccc5)n4)n3n2)cc1OC. The summed E-state index contributed by atoms with van der Waals surface area (Å²) in [6.45, 7) is 2.59. The Labute approximate surface area is 197 Å². The van der Waals surface area contributed by atoms with Gasteiger partial charge in [-0.1, -0.05) is 30.3 Å². The van der Waals surface area contributed by atoms with Crippen molar-refractivity contribution in [2.45, 2.75) is 13.5 Å². The Morgan fingerprint density at radius 1 is 0.853 bits per heavy atom. The second-order valence-corrected chi connectivity index (χ2v) is 7.71. The first kappa shape index (κ1) is 21.4. The molecule has 0 aliphatic heterocycles. The van der Waals surface area contributed by atoms with Crippen LogP contribution in [0.4, 0.5) is 5.95 Å². The number of fused-ring (bicyclic) bond motifs is 1. The highest BCUT2D eigenvalue weighted by molar-refractivity contribution is 5.68. The quantitative estimate of drug-likeness (QED) is 0.380. The number of hydrogen-bond acceptors (Lipinski definition) is 7. The molecule has 3 heterocycles. The van der Waals surface area contributed by atoms with Gasteiger partial charge in [-0.15, -0.1) is 0 Å². The number of aryl methyl sites for hydroxylation is 1. The highest BCUT2D eigenvalue weighted by Gasteiger charge is 2.16. The van der Waals surface area contributed by atoms with Crippen LogP contribution in [0.25, 0.3) is 28.3 Å². The van der Waals surface area contributed by atoms with Crippen molar-refractivity contribution in [3.8, 4) is 34.1 Å². The Balaban J connectivity index is 1.51. The summed E-state index contributed by atoms with van der Waals surface area (Å²) in [7, 11) is 3.24. The fourth-order valence-electron chi connectivity index (χ4n) is 3.84. The first-order valence-electron chi connectivity index (χ1n) is 10.9. The predicted molar refractivity (Wildman–Crippen MR) is 131 cm³/mol. The van der Waals surface area contributed by atoms with Crippen LogP contribution >= 0.6 is 0 Å². The molecule has 8 heteroatoms. The smallest absolute Gasteiger partial charge is 0.223 e. The minimum Gasteiger partial charge on any atom is -0.493 e. The molecule has 0 fully saturated rings. The Hall–Kier alpha value is -4.46. The molecule has 170 valence electrons. The lowest BCUT2D eigenvalue weighted by atomic mass is 10.1. The molecule has 0 saturated carbocycles. The average Bonchev–Trinajstić information content (AvgIpc) is 3.22. The second kappa shape index (κ2) is 9.19. The Morgan fingerprint density at radius 3 is 2.47 bits per heavy atom. The first-order valence-corrected chi connectivity index (χ1v) is 10.9. The van der Waals surface area contributed by atoms with Gasteiger partial charge in [0, 0.05) is 18.3 Å². The summed E-state index contributed by atoms with van der Waals surface area (Å²) in [5.74, 6) is 1.86. The molecule has 8 nitrogen and oxygen atoms in total. The van der Waals surface area contributed by atoms with E-state index in [4.69, 9.17) is 19.6 Å². The molecule has 0 amide bonds. The van der Waals surface area contributed by atoms with E-state index < -0.39 is 0 Å². The standard InChI is InChI=1S/C26H24N6O2/c1-17-25(21-13-14-27-26(30-21)28-16-18-7-5-4-6-8-18)32-24(29-17)12-10-20(31-32)19-9-11-22(33-2)23(15-19)34-3/h4-15H,16H2,1-3H3,(H,27,28,30). The number of hydrogen-bond donors (Lipinski definition) is 1. The van der Waals surface area contributed by atoms with E-state index in [-0.39, 0.29) is 0 Å². The van der Waals surface area contributed by atoms with Crippen LogP contribution in [0.1, 0.15) is 11.3 Å². The number of nitrogens with one attached hydrogen (secondary N) is 1. The van der Waals surface area contributed by atoms with Gasteiger partial charge in [-0.05, 0) is 48.9 Å². The van der Waals surface area contributed by atoms with Crippen molar-refractivity contribution in [3.05, 3.63) is 84.2 Å². The van der Waals surface area contributed by atoms with Crippen molar-refractivity contribution in [1.82, 2.24) is 24.6 Å². The van der Waals surface area contributed by atoms with Crippen molar-refractivity contribution in [2.75, 3.05) is 19.5 Å². The third-order valence-corrected chi connectivity index (χ3v) is 5.52. The van der Waals surface area contributed by atoms with E-state index in [1.807, 2.05) is 66.0 Å². The maximum Gasteiger partial charge on any atom is 0.223 e. The lowest BCUT2D eigenvalue weighted by Crippen LogP contribution is -2.05. The van der Waals surface area contributed by atoms with Crippen LogP contribution in [0.15, 0.2) is 72.9 Å². The van der Waals surface area contributed by atoms with Crippen LogP contribution in [0.2, 0.25) is 0 Å². The van der Waals surface area contributed by atoms with Crippen molar-refractivity contribution in [2.24, 2.45) is 0 Å². The molecular weight excluding hydrogens is 428 g/mol. The summed E-state index contributed by atoms with van der Waals surface area (Å²) in [4.78, 5) is 13.8. The zero-order chi connectivity index (χ0) is 23.5. The summed E-state index contributed by atoms with van der Waals surface area (Å²) < 4.78 is 12.6. The van der Waals surface area contributed by atoms with Crippen molar-refractivity contribution in [1.29, 1.82) is 0 Å². The van der Waals surface area contributed by atoms with Crippen LogP contribution < -0.4 is 14.8 Å². The third-order valence-electron chi connectivity index (χ3n) is 5.52. The highest BCUT2D eigenvalue weighted by atomic mass is 16.5. The molecule has 0 saturated heterocycles. The average molecular weight is 453 g/mol. The van der Waals surface area contributed by atoms with Gasteiger partial charge in [0.25, 0.3) is 0 Å². The van der Waals surface area contributed by atoms with Gasteiger partial charge >= 0.3 is 0 Å². The van der Waals surface area contributed by atoms with E-state index in [2.05, 4.69) is 27.4 Å². The molecule has 3 aromatic heterocycles. The first-order chi connectivity index (χ1) is 16.7. The highest BCUT2D eigenvalue weighted by Crippen LogP contribution is 2.32. The van der Waals surface area contributed by atoms with Crippen LogP contribution in [0.3, 0.4) is 0 Å². The largest absolute Gasteiger partial charge is 0.493 e. The van der Waals surface area contributed by atoms with Gasteiger partial charge in [-0.25, -0.2) is 19.5 Å². The fraction of sp³-hybridized carbons (Fsp3) is 0.154. The number of benzene rings is 2. The molecule has 1 N–H and O–H groups in total. The summed E-state index contributed by atoms with van der Waals surface area (Å²) in [6, 6.07) is 21.6. The zero-order valence-corrected chi connectivity index (χ0v) is 19.2. The van der Waals surface area contributed by atoms with Gasteiger partial charge in [-0.2, -0.15) is 5.10 Å². The lowest BCUT2D eigenvalue weighted by Gasteiger charge is -2.10. The van der Waals surface area contributed by atoms with Gasteiger partial charge in [0.05, 0.1) is 31.3 Å². The molecule has 0 unspecified atom stereocenters. The molecule has 0 aliphatic rings. The van der Waals surface area contributed by atoms with Crippen molar-refractivity contribution in [3.63, 3.8) is 0 Å². The van der Waals surface area contributed by atoms with Crippen LogP contribution in [-0.2, 0) is 6.54 Å². The Bertz CT molecular complexity index is 1450. The van der Waals surface area contributed by atoms with E-state index in [1.54, 1.807) is 20.4 Å². The fourth-order valence-corrected chi connectivity index (χ4v) is 3.84. The van der Waals surface area contributed by atoms with Crippen molar-refractivity contribution < 1.29 is 9.47 Å². The molecule has 0 radical (unpaired) electrons. The summed E-state index contributed by atoms with van der Waals surface area (Å²) in [6.07, 6.45) is 1.74. The molecular formula is C26H24N6O2. The molecule has 5 aromatic rings. The number of methoxy groups -OCH3 is 2. The van der Waals surface area contributed by atoms with E-state index in [0.29, 0.717) is 24.0 Å². The molecule has 5 rings (SSSR count). The molecule has 0 bridgehead atoms. The van der Waals surface area contributed by atoms with E-state index in [9.17, 15) is 0 Å². The summed E-state index contributed by atoms with van der Waals surface area (Å²) in [5.41, 5.74) is 5.99. The maximum absolute atomic E-state index is 5.46. The van der Waals surface area contributed by atoms with Gasteiger partial charge in [0.1, 0.15) is 5.69 Å². The second-order valence-electron chi connectivity index (χ2n) is 7.71. The Morgan fingerprint density at radius 2 is 1.68 bits per heavy atom. The number of rotatable bonds is 7. The zero-order valence-electron chi connectivity index (χ0n) is 19.2. The predicted octanol–water partition coefficient (Wildman–Crippen LogP) is 4.79. The van der Waals surface area contributed by atoms with Crippen molar-refractivity contribution >= 4 is 11.6 Å².